The second-order valence-corrected chi connectivity index (χ2v) is 6.10. The minimum atomic E-state index is -0.129. The highest BCUT2D eigenvalue weighted by Gasteiger charge is 2.07. The highest BCUT2D eigenvalue weighted by Crippen LogP contribution is 2.09. The summed E-state index contributed by atoms with van der Waals surface area (Å²) in [6, 6.07) is 17.3. The number of aromatic nitrogens is 5. The molecule has 0 spiro atoms. The summed E-state index contributed by atoms with van der Waals surface area (Å²) in [6.45, 7) is 1.14. The van der Waals surface area contributed by atoms with Gasteiger partial charge in [-0.05, 0) is 29.8 Å². The Morgan fingerprint density at radius 3 is 2.52 bits per heavy atom. The van der Waals surface area contributed by atoms with Crippen molar-refractivity contribution in [3.05, 3.63) is 96.3 Å². The van der Waals surface area contributed by atoms with Crippen LogP contribution in [0.1, 0.15) is 21.5 Å². The first-order chi connectivity index (χ1) is 13.3. The van der Waals surface area contributed by atoms with Gasteiger partial charge in [-0.2, -0.15) is 10.2 Å². The second-order valence-electron chi connectivity index (χ2n) is 6.10. The van der Waals surface area contributed by atoms with E-state index in [1.54, 1.807) is 29.3 Å². The smallest absolute Gasteiger partial charge is 0.251 e. The Kier molecular flexibility index (Phi) is 4.74. The molecule has 0 saturated heterocycles. The topological polar surface area (TPSA) is 77.6 Å². The number of carbonyl (C=O) groups excluding carboxylic acids is 1. The maximum Gasteiger partial charge on any atom is 0.251 e. The van der Waals surface area contributed by atoms with Crippen LogP contribution >= 0.6 is 0 Å². The molecule has 0 atom stereocenters. The van der Waals surface area contributed by atoms with E-state index in [1.165, 1.54) is 11.9 Å². The molecule has 1 N–H and O–H groups in total. The van der Waals surface area contributed by atoms with Crippen molar-refractivity contribution in [1.82, 2.24) is 29.9 Å². The maximum absolute atomic E-state index is 12.3. The summed E-state index contributed by atoms with van der Waals surface area (Å²) in [5.74, 6) is -0.129. The Morgan fingerprint density at radius 1 is 0.963 bits per heavy atom. The second kappa shape index (κ2) is 7.65. The molecule has 7 heteroatoms. The predicted octanol–water partition coefficient (Wildman–Crippen LogP) is 2.44. The summed E-state index contributed by atoms with van der Waals surface area (Å²) < 4.78 is 3.51. The molecule has 0 aliphatic rings. The van der Waals surface area contributed by atoms with Crippen LogP contribution in [0.2, 0.25) is 0 Å². The molecule has 2 aromatic carbocycles. The van der Waals surface area contributed by atoms with Crippen LogP contribution in [0.25, 0.3) is 5.69 Å². The van der Waals surface area contributed by atoms with Crippen LogP contribution in [-0.4, -0.2) is 30.5 Å². The third-order valence-electron chi connectivity index (χ3n) is 4.14. The lowest BCUT2D eigenvalue weighted by molar-refractivity contribution is 0.0951. The molecule has 4 aromatic rings. The standard InChI is InChI=1S/C20H18N6O/c27-20(18-6-8-19(9-7-18)26-15-21-14-24-26)22-10-17-11-23-25(13-17)12-16-4-2-1-3-5-16/h1-9,11,13-15H,10,12H2,(H,22,27). The quantitative estimate of drug-likeness (QED) is 0.574. The van der Waals surface area contributed by atoms with Gasteiger partial charge in [0.1, 0.15) is 12.7 Å². The minimum absolute atomic E-state index is 0.129. The zero-order chi connectivity index (χ0) is 18.5. The van der Waals surface area contributed by atoms with Crippen LogP contribution in [0.3, 0.4) is 0 Å². The fourth-order valence-electron chi connectivity index (χ4n) is 2.75. The van der Waals surface area contributed by atoms with Gasteiger partial charge in [0.25, 0.3) is 5.91 Å². The molecule has 1 amide bonds. The van der Waals surface area contributed by atoms with Crippen molar-refractivity contribution in [3.8, 4) is 5.69 Å². The van der Waals surface area contributed by atoms with Gasteiger partial charge in [0.2, 0.25) is 0 Å². The van der Waals surface area contributed by atoms with Gasteiger partial charge in [-0.15, -0.1) is 0 Å². The average molecular weight is 358 g/mol. The number of carbonyl (C=O) groups is 1. The van der Waals surface area contributed by atoms with Gasteiger partial charge in [-0.1, -0.05) is 30.3 Å². The molecular weight excluding hydrogens is 340 g/mol. The van der Waals surface area contributed by atoms with Gasteiger partial charge in [0.05, 0.1) is 18.4 Å². The monoisotopic (exact) mass is 358 g/mol. The molecule has 0 radical (unpaired) electrons. The highest BCUT2D eigenvalue weighted by atomic mass is 16.1. The molecule has 0 aliphatic carbocycles. The van der Waals surface area contributed by atoms with E-state index in [1.807, 2.05) is 41.2 Å². The first kappa shape index (κ1) is 16.7. The van der Waals surface area contributed by atoms with E-state index in [4.69, 9.17) is 0 Å². The van der Waals surface area contributed by atoms with Crippen LogP contribution in [-0.2, 0) is 13.1 Å². The van der Waals surface area contributed by atoms with Crippen LogP contribution in [0.15, 0.2) is 79.6 Å². The van der Waals surface area contributed by atoms with Crippen molar-refractivity contribution < 1.29 is 4.79 Å². The van der Waals surface area contributed by atoms with E-state index in [-0.39, 0.29) is 5.91 Å². The SMILES string of the molecule is O=C(NCc1cnn(Cc2ccccc2)c1)c1ccc(-n2cncn2)cc1. The number of nitrogens with zero attached hydrogens (tertiary/aromatic N) is 5. The number of benzene rings is 2. The molecule has 4 rings (SSSR count). The number of nitrogens with one attached hydrogen (secondary N) is 1. The van der Waals surface area contributed by atoms with E-state index < -0.39 is 0 Å². The fourth-order valence-corrected chi connectivity index (χ4v) is 2.75. The predicted molar refractivity (Wildman–Crippen MR) is 100 cm³/mol. The number of rotatable bonds is 6. The Balaban J connectivity index is 1.34. The number of hydrogen-bond donors (Lipinski definition) is 1. The average Bonchev–Trinajstić information content (AvgIpc) is 3.39. The summed E-state index contributed by atoms with van der Waals surface area (Å²) in [4.78, 5) is 16.3. The van der Waals surface area contributed by atoms with Crippen LogP contribution in [0.5, 0.6) is 0 Å². The zero-order valence-corrected chi connectivity index (χ0v) is 14.6. The van der Waals surface area contributed by atoms with E-state index >= 15 is 0 Å². The Morgan fingerprint density at radius 2 is 1.78 bits per heavy atom. The molecule has 0 fully saturated rings. The molecule has 2 heterocycles. The van der Waals surface area contributed by atoms with Crippen molar-refractivity contribution in [2.75, 3.05) is 0 Å². The van der Waals surface area contributed by atoms with Crippen LogP contribution in [0.4, 0.5) is 0 Å². The molecule has 0 bridgehead atoms. The largest absolute Gasteiger partial charge is 0.348 e. The van der Waals surface area contributed by atoms with Crippen molar-refractivity contribution in [1.29, 1.82) is 0 Å². The van der Waals surface area contributed by atoms with E-state index in [9.17, 15) is 4.79 Å². The van der Waals surface area contributed by atoms with Crippen molar-refractivity contribution in [3.63, 3.8) is 0 Å². The lowest BCUT2D eigenvalue weighted by atomic mass is 10.2. The third-order valence-corrected chi connectivity index (χ3v) is 4.14. The summed E-state index contributed by atoms with van der Waals surface area (Å²) in [5, 5.41) is 11.3. The van der Waals surface area contributed by atoms with Gasteiger partial charge in [-0.3, -0.25) is 9.48 Å². The van der Waals surface area contributed by atoms with Gasteiger partial charge < -0.3 is 5.32 Å². The lowest BCUT2D eigenvalue weighted by Crippen LogP contribution is -2.22. The van der Waals surface area contributed by atoms with E-state index in [0.717, 1.165) is 11.3 Å². The molecule has 7 nitrogen and oxygen atoms in total. The van der Waals surface area contributed by atoms with Gasteiger partial charge in [0, 0.05) is 23.9 Å². The molecule has 0 aliphatic heterocycles. The normalized spacial score (nSPS) is 10.7. The first-order valence-electron chi connectivity index (χ1n) is 8.56. The maximum atomic E-state index is 12.3. The van der Waals surface area contributed by atoms with Crippen LogP contribution in [0, 0.1) is 0 Å². The highest BCUT2D eigenvalue weighted by molar-refractivity contribution is 5.94. The fraction of sp³-hybridized carbons (Fsp3) is 0.100. The van der Waals surface area contributed by atoms with Crippen LogP contribution < -0.4 is 5.32 Å². The Hall–Kier alpha value is -3.74. The van der Waals surface area contributed by atoms with E-state index in [2.05, 4.69) is 32.6 Å². The minimum Gasteiger partial charge on any atom is -0.348 e. The summed E-state index contributed by atoms with van der Waals surface area (Å²) >= 11 is 0. The third kappa shape index (κ3) is 4.09. The van der Waals surface area contributed by atoms with Gasteiger partial charge in [-0.25, -0.2) is 9.67 Å². The number of amides is 1. The van der Waals surface area contributed by atoms with Gasteiger partial charge in [0.15, 0.2) is 0 Å². The molecule has 2 aromatic heterocycles. The van der Waals surface area contributed by atoms with E-state index in [0.29, 0.717) is 18.7 Å². The molecule has 134 valence electrons. The van der Waals surface area contributed by atoms with Crippen molar-refractivity contribution in [2.24, 2.45) is 0 Å². The van der Waals surface area contributed by atoms with Crippen molar-refractivity contribution in [2.45, 2.75) is 13.1 Å². The van der Waals surface area contributed by atoms with Gasteiger partial charge >= 0.3 is 0 Å². The first-order valence-corrected chi connectivity index (χ1v) is 8.56. The summed E-state index contributed by atoms with van der Waals surface area (Å²) in [5.41, 5.74) is 3.59. The summed E-state index contributed by atoms with van der Waals surface area (Å²) in [6.07, 6.45) is 6.80. The Bertz CT molecular complexity index is 1010. The molecule has 0 saturated carbocycles. The zero-order valence-electron chi connectivity index (χ0n) is 14.6. The van der Waals surface area contributed by atoms with Crippen molar-refractivity contribution >= 4 is 5.91 Å². The molecule has 27 heavy (non-hydrogen) atoms. The summed E-state index contributed by atoms with van der Waals surface area (Å²) in [7, 11) is 0. The molecular formula is C20H18N6O. The molecule has 0 unspecified atom stereocenters. The number of hydrogen-bond acceptors (Lipinski definition) is 4. The Labute approximate surface area is 156 Å². The lowest BCUT2D eigenvalue weighted by Gasteiger charge is -2.05.